The molecule has 0 aliphatic carbocycles. The molecule has 0 amide bonds. The van der Waals surface area contributed by atoms with E-state index >= 15 is 0 Å². The topological polar surface area (TPSA) is 31.4 Å². The van der Waals surface area contributed by atoms with Crippen LogP contribution in [-0.4, -0.2) is 18.2 Å². The normalized spacial score (nSPS) is 10.5. The fourth-order valence-electron chi connectivity index (χ4n) is 0.869. The second-order valence-corrected chi connectivity index (χ2v) is 3.05. The molecule has 1 aromatic rings. The average molecular weight is 181 g/mol. The third kappa shape index (κ3) is 3.42. The van der Waals surface area contributed by atoms with Crippen molar-refractivity contribution >= 4 is 0 Å². The highest BCUT2D eigenvalue weighted by atomic mass is 16.5. The first-order valence-electron chi connectivity index (χ1n) is 4.33. The van der Waals surface area contributed by atoms with Crippen molar-refractivity contribution in [3.05, 3.63) is 24.0 Å². The molecule has 0 unspecified atom stereocenters. The van der Waals surface area contributed by atoms with Crippen molar-refractivity contribution in [1.82, 2.24) is 4.98 Å². The Bertz CT molecular complexity index is 244. The maximum Gasteiger partial charge on any atom is 0.137 e. The van der Waals surface area contributed by atoms with Gasteiger partial charge in [0.15, 0.2) is 0 Å². The summed E-state index contributed by atoms with van der Waals surface area (Å²) in [7, 11) is 1.63. The SMILES string of the molecule is COc1ccc(COC(C)C)nc1. The lowest BCUT2D eigenvalue weighted by molar-refractivity contribution is 0.0635. The maximum atomic E-state index is 5.40. The fourth-order valence-corrected chi connectivity index (χ4v) is 0.869. The Morgan fingerprint density at radius 1 is 1.38 bits per heavy atom. The van der Waals surface area contributed by atoms with E-state index in [1.807, 2.05) is 26.0 Å². The van der Waals surface area contributed by atoms with Crippen LogP contribution >= 0.6 is 0 Å². The first-order chi connectivity index (χ1) is 6.22. The Morgan fingerprint density at radius 2 is 2.15 bits per heavy atom. The Morgan fingerprint density at radius 3 is 2.62 bits per heavy atom. The molecule has 0 saturated carbocycles. The van der Waals surface area contributed by atoms with E-state index in [2.05, 4.69) is 4.98 Å². The summed E-state index contributed by atoms with van der Waals surface area (Å²) in [5, 5.41) is 0. The molecule has 3 heteroatoms. The van der Waals surface area contributed by atoms with E-state index in [0.29, 0.717) is 6.61 Å². The number of rotatable bonds is 4. The highest BCUT2D eigenvalue weighted by molar-refractivity contribution is 5.19. The van der Waals surface area contributed by atoms with E-state index in [9.17, 15) is 0 Å². The number of pyridine rings is 1. The van der Waals surface area contributed by atoms with E-state index < -0.39 is 0 Å². The number of methoxy groups -OCH3 is 1. The van der Waals surface area contributed by atoms with Crippen LogP contribution in [-0.2, 0) is 11.3 Å². The van der Waals surface area contributed by atoms with Crippen molar-refractivity contribution in [2.45, 2.75) is 26.6 Å². The zero-order chi connectivity index (χ0) is 9.68. The van der Waals surface area contributed by atoms with Gasteiger partial charge in [0.1, 0.15) is 5.75 Å². The summed E-state index contributed by atoms with van der Waals surface area (Å²) < 4.78 is 10.4. The first kappa shape index (κ1) is 9.99. The van der Waals surface area contributed by atoms with E-state index in [4.69, 9.17) is 9.47 Å². The summed E-state index contributed by atoms with van der Waals surface area (Å²) in [6.07, 6.45) is 1.93. The van der Waals surface area contributed by atoms with Gasteiger partial charge in [0, 0.05) is 0 Å². The van der Waals surface area contributed by atoms with Crippen LogP contribution in [0.1, 0.15) is 19.5 Å². The maximum absolute atomic E-state index is 5.40. The van der Waals surface area contributed by atoms with E-state index in [-0.39, 0.29) is 6.10 Å². The molecule has 13 heavy (non-hydrogen) atoms. The average Bonchev–Trinajstić information content (AvgIpc) is 2.15. The van der Waals surface area contributed by atoms with Gasteiger partial charge in [-0.1, -0.05) is 0 Å². The molecule has 0 saturated heterocycles. The van der Waals surface area contributed by atoms with E-state index in [0.717, 1.165) is 11.4 Å². The quantitative estimate of drug-likeness (QED) is 0.712. The van der Waals surface area contributed by atoms with Crippen LogP contribution in [0.25, 0.3) is 0 Å². The molecule has 0 spiro atoms. The van der Waals surface area contributed by atoms with Gasteiger partial charge >= 0.3 is 0 Å². The molecule has 0 fully saturated rings. The summed E-state index contributed by atoms with van der Waals surface area (Å²) in [5.41, 5.74) is 0.925. The predicted octanol–water partition coefficient (Wildman–Crippen LogP) is 2.02. The van der Waals surface area contributed by atoms with Crippen molar-refractivity contribution in [1.29, 1.82) is 0 Å². The van der Waals surface area contributed by atoms with Crippen LogP contribution in [0.3, 0.4) is 0 Å². The summed E-state index contributed by atoms with van der Waals surface area (Å²) in [5.74, 6) is 0.772. The minimum atomic E-state index is 0.240. The highest BCUT2D eigenvalue weighted by Gasteiger charge is 1.97. The summed E-state index contributed by atoms with van der Waals surface area (Å²) in [6, 6.07) is 3.78. The molecule has 0 atom stereocenters. The van der Waals surface area contributed by atoms with Gasteiger partial charge in [-0.2, -0.15) is 0 Å². The minimum absolute atomic E-state index is 0.240. The van der Waals surface area contributed by atoms with Crippen LogP contribution in [0.2, 0.25) is 0 Å². The van der Waals surface area contributed by atoms with Gasteiger partial charge < -0.3 is 9.47 Å². The molecule has 0 aliphatic rings. The Balaban J connectivity index is 2.49. The van der Waals surface area contributed by atoms with Gasteiger partial charge in [-0.3, -0.25) is 4.98 Å². The van der Waals surface area contributed by atoms with Crippen molar-refractivity contribution in [2.24, 2.45) is 0 Å². The van der Waals surface area contributed by atoms with Gasteiger partial charge in [-0.25, -0.2) is 0 Å². The molecule has 0 aliphatic heterocycles. The number of hydrogen-bond donors (Lipinski definition) is 0. The first-order valence-corrected chi connectivity index (χ1v) is 4.33. The monoisotopic (exact) mass is 181 g/mol. The van der Waals surface area contributed by atoms with Crippen molar-refractivity contribution in [2.75, 3.05) is 7.11 Å². The zero-order valence-electron chi connectivity index (χ0n) is 8.28. The molecular formula is C10H15NO2. The molecule has 0 bridgehead atoms. The lowest BCUT2D eigenvalue weighted by Crippen LogP contribution is -2.03. The van der Waals surface area contributed by atoms with Gasteiger partial charge in [0.2, 0.25) is 0 Å². The lowest BCUT2D eigenvalue weighted by atomic mass is 10.3. The van der Waals surface area contributed by atoms with Gasteiger partial charge in [0.05, 0.1) is 31.7 Å². The third-order valence-corrected chi connectivity index (χ3v) is 1.60. The smallest absolute Gasteiger partial charge is 0.137 e. The molecule has 3 nitrogen and oxygen atoms in total. The van der Waals surface area contributed by atoms with Crippen LogP contribution < -0.4 is 4.74 Å². The molecule has 1 aromatic heterocycles. The lowest BCUT2D eigenvalue weighted by Gasteiger charge is -2.06. The molecule has 1 rings (SSSR count). The Hall–Kier alpha value is -1.09. The third-order valence-electron chi connectivity index (χ3n) is 1.60. The molecule has 1 heterocycles. The molecule has 0 radical (unpaired) electrons. The van der Waals surface area contributed by atoms with Crippen LogP contribution in [0.15, 0.2) is 18.3 Å². The summed E-state index contributed by atoms with van der Waals surface area (Å²) >= 11 is 0. The molecular weight excluding hydrogens is 166 g/mol. The fraction of sp³-hybridized carbons (Fsp3) is 0.500. The Labute approximate surface area is 78.7 Å². The standard InChI is InChI=1S/C10H15NO2/c1-8(2)13-7-9-4-5-10(12-3)6-11-9/h4-6,8H,7H2,1-3H3. The van der Waals surface area contributed by atoms with E-state index in [1.54, 1.807) is 13.3 Å². The van der Waals surface area contributed by atoms with Gasteiger partial charge in [-0.05, 0) is 26.0 Å². The second-order valence-electron chi connectivity index (χ2n) is 3.05. The molecule has 0 aromatic carbocycles. The molecule has 72 valence electrons. The largest absolute Gasteiger partial charge is 0.495 e. The van der Waals surface area contributed by atoms with Crippen molar-refractivity contribution in [3.8, 4) is 5.75 Å². The number of aromatic nitrogens is 1. The summed E-state index contributed by atoms with van der Waals surface area (Å²) in [6.45, 7) is 4.56. The number of ether oxygens (including phenoxy) is 2. The Kier molecular flexibility index (Phi) is 3.71. The zero-order valence-corrected chi connectivity index (χ0v) is 8.28. The number of hydrogen-bond acceptors (Lipinski definition) is 3. The second kappa shape index (κ2) is 4.82. The van der Waals surface area contributed by atoms with Crippen LogP contribution in [0, 0.1) is 0 Å². The molecule has 0 N–H and O–H groups in total. The minimum Gasteiger partial charge on any atom is -0.495 e. The predicted molar refractivity (Wildman–Crippen MR) is 50.7 cm³/mol. The highest BCUT2D eigenvalue weighted by Crippen LogP contribution is 2.08. The van der Waals surface area contributed by atoms with Crippen LogP contribution in [0.4, 0.5) is 0 Å². The van der Waals surface area contributed by atoms with Gasteiger partial charge in [-0.15, -0.1) is 0 Å². The van der Waals surface area contributed by atoms with Crippen LogP contribution in [0.5, 0.6) is 5.75 Å². The van der Waals surface area contributed by atoms with E-state index in [1.165, 1.54) is 0 Å². The van der Waals surface area contributed by atoms with Crippen molar-refractivity contribution in [3.63, 3.8) is 0 Å². The number of nitrogens with zero attached hydrogens (tertiary/aromatic N) is 1. The summed E-state index contributed by atoms with van der Waals surface area (Å²) in [4.78, 5) is 4.17. The van der Waals surface area contributed by atoms with Gasteiger partial charge in [0.25, 0.3) is 0 Å². The van der Waals surface area contributed by atoms with Crippen molar-refractivity contribution < 1.29 is 9.47 Å².